The standard InChI is InChI=1S/C31H31N7O7/c1-42-24-9-22-10-25(11-24)44-17-29(39)32-13-21-7-8-23(12-27(21)43-2)45-28-16-37(15-26(28)34-30(22)40)31(41)20-5-3-19(4-6-20)14-38-18-33-35-36-38/h3-12,18,26,28H,13-17H2,1-2H3,(H,32,39)(H,34,40)/t26-,28-/m0/s1. The number of fused-ring (bicyclic) bond motifs is 7. The van der Waals surface area contributed by atoms with Crippen LogP contribution in [0.3, 0.4) is 0 Å². The maximum Gasteiger partial charge on any atom is 0.258 e. The molecule has 45 heavy (non-hydrogen) atoms. The number of carbonyl (C=O) groups excluding carboxylic acids is 3. The fraction of sp³-hybridized carbons (Fsp3) is 0.290. The molecule has 14 heteroatoms. The van der Waals surface area contributed by atoms with E-state index in [4.69, 9.17) is 18.9 Å². The van der Waals surface area contributed by atoms with Gasteiger partial charge in [0, 0.05) is 41.9 Å². The molecule has 0 unspecified atom stereocenters. The first kappa shape index (κ1) is 29.4. The van der Waals surface area contributed by atoms with Gasteiger partial charge in [-0.2, -0.15) is 0 Å². The van der Waals surface area contributed by atoms with E-state index < -0.39 is 18.1 Å². The van der Waals surface area contributed by atoms with Gasteiger partial charge in [-0.05, 0) is 52.4 Å². The van der Waals surface area contributed by atoms with Crippen molar-refractivity contribution >= 4 is 17.7 Å². The summed E-state index contributed by atoms with van der Waals surface area (Å²) in [7, 11) is 3.01. The minimum Gasteiger partial charge on any atom is -0.497 e. The van der Waals surface area contributed by atoms with Crippen LogP contribution < -0.4 is 29.6 Å². The Hall–Kier alpha value is -5.66. The summed E-state index contributed by atoms with van der Waals surface area (Å²) in [6.07, 6.45) is 0.942. The Morgan fingerprint density at radius 2 is 1.84 bits per heavy atom. The molecule has 2 N–H and O–H groups in total. The van der Waals surface area contributed by atoms with Crippen LogP contribution in [0.2, 0.25) is 0 Å². The second-order valence-corrected chi connectivity index (χ2v) is 10.6. The van der Waals surface area contributed by atoms with E-state index in [0.717, 1.165) is 11.1 Å². The number of nitrogens with one attached hydrogen (secondary N) is 2. The van der Waals surface area contributed by atoms with Gasteiger partial charge in [0.05, 0.1) is 33.4 Å². The molecule has 4 aromatic rings. The third-order valence-corrected chi connectivity index (χ3v) is 7.58. The monoisotopic (exact) mass is 613 g/mol. The first-order valence-electron chi connectivity index (χ1n) is 14.2. The van der Waals surface area contributed by atoms with Crippen molar-refractivity contribution in [2.45, 2.75) is 25.2 Å². The summed E-state index contributed by atoms with van der Waals surface area (Å²) in [5.74, 6) is 0.721. The van der Waals surface area contributed by atoms with Crippen LogP contribution in [0.1, 0.15) is 31.8 Å². The molecular weight excluding hydrogens is 582 g/mol. The van der Waals surface area contributed by atoms with Gasteiger partial charge >= 0.3 is 0 Å². The van der Waals surface area contributed by atoms with Gasteiger partial charge in [0.1, 0.15) is 35.4 Å². The first-order chi connectivity index (χ1) is 21.9. The molecule has 0 radical (unpaired) electrons. The highest BCUT2D eigenvalue weighted by Crippen LogP contribution is 2.29. The SMILES string of the molecule is COc1cc2cc(c1)C(=O)N[C@H]1CN(C(=O)c3ccc(Cn4cnnn4)cc3)C[C@@H]1Oc1ccc(c(OC)c1)CNC(=O)CO2. The molecule has 2 atom stereocenters. The molecule has 1 fully saturated rings. The topological polar surface area (TPSA) is 159 Å². The number of aromatic nitrogens is 4. The lowest BCUT2D eigenvalue weighted by atomic mass is 10.1. The zero-order chi connectivity index (χ0) is 31.3. The van der Waals surface area contributed by atoms with E-state index in [2.05, 4.69) is 26.2 Å². The Morgan fingerprint density at radius 1 is 1.00 bits per heavy atom. The number of methoxy groups -OCH3 is 2. The lowest BCUT2D eigenvalue weighted by Gasteiger charge is -2.22. The predicted molar refractivity (Wildman–Crippen MR) is 158 cm³/mol. The van der Waals surface area contributed by atoms with E-state index in [1.807, 2.05) is 12.1 Å². The molecule has 3 aromatic carbocycles. The number of benzene rings is 3. The van der Waals surface area contributed by atoms with Gasteiger partial charge in [-0.15, -0.1) is 5.10 Å². The fourth-order valence-corrected chi connectivity index (χ4v) is 5.24. The number of hydrogen-bond donors (Lipinski definition) is 2. The molecule has 0 spiro atoms. The van der Waals surface area contributed by atoms with Crippen molar-refractivity contribution in [1.82, 2.24) is 35.7 Å². The van der Waals surface area contributed by atoms with Crippen molar-refractivity contribution in [3.63, 3.8) is 0 Å². The Morgan fingerprint density at radius 3 is 2.60 bits per heavy atom. The van der Waals surface area contributed by atoms with Gasteiger partial charge < -0.3 is 34.5 Å². The normalized spacial score (nSPS) is 18.1. The van der Waals surface area contributed by atoms with Crippen LogP contribution in [0, 0.1) is 0 Å². The van der Waals surface area contributed by atoms with E-state index in [-0.39, 0.29) is 43.6 Å². The zero-order valence-corrected chi connectivity index (χ0v) is 24.6. The second kappa shape index (κ2) is 12.9. The van der Waals surface area contributed by atoms with Gasteiger partial charge in [0.15, 0.2) is 6.61 Å². The highest BCUT2D eigenvalue weighted by Gasteiger charge is 2.38. The van der Waals surface area contributed by atoms with E-state index in [1.165, 1.54) is 26.6 Å². The summed E-state index contributed by atoms with van der Waals surface area (Å²) in [4.78, 5) is 41.3. The summed E-state index contributed by atoms with van der Waals surface area (Å²) >= 11 is 0. The number of rotatable bonds is 5. The molecular formula is C31H31N7O7. The molecule has 3 amide bonds. The minimum atomic E-state index is -0.579. The van der Waals surface area contributed by atoms with Gasteiger partial charge in [-0.25, -0.2) is 4.68 Å². The van der Waals surface area contributed by atoms with Crippen LogP contribution in [0.15, 0.2) is 67.0 Å². The van der Waals surface area contributed by atoms with Crippen LogP contribution in [0.4, 0.5) is 0 Å². The maximum absolute atomic E-state index is 13.6. The highest BCUT2D eigenvalue weighted by molar-refractivity contribution is 5.96. The number of amides is 3. The predicted octanol–water partition coefficient (Wildman–Crippen LogP) is 1.45. The molecule has 14 nitrogen and oxygen atoms in total. The molecule has 232 valence electrons. The number of tetrazole rings is 1. The van der Waals surface area contributed by atoms with Crippen molar-refractivity contribution in [2.24, 2.45) is 0 Å². The lowest BCUT2D eigenvalue weighted by Crippen LogP contribution is -2.45. The number of ether oxygens (including phenoxy) is 4. The highest BCUT2D eigenvalue weighted by atomic mass is 16.5. The average Bonchev–Trinajstić information content (AvgIpc) is 3.72. The quantitative estimate of drug-likeness (QED) is 0.337. The van der Waals surface area contributed by atoms with E-state index in [9.17, 15) is 14.4 Å². The summed E-state index contributed by atoms with van der Waals surface area (Å²) in [5, 5.41) is 17.0. The van der Waals surface area contributed by atoms with Gasteiger partial charge in [0.25, 0.3) is 17.7 Å². The molecule has 3 aliphatic rings. The van der Waals surface area contributed by atoms with Crippen molar-refractivity contribution in [2.75, 3.05) is 33.9 Å². The first-order valence-corrected chi connectivity index (χ1v) is 14.2. The molecule has 1 aromatic heterocycles. The smallest absolute Gasteiger partial charge is 0.258 e. The van der Waals surface area contributed by atoms with Crippen LogP contribution in [0.5, 0.6) is 23.0 Å². The number of likely N-dealkylation sites (tertiary alicyclic amines) is 1. The largest absolute Gasteiger partial charge is 0.497 e. The second-order valence-electron chi connectivity index (χ2n) is 10.6. The Labute approximate surface area is 258 Å². The molecule has 0 saturated carbocycles. The summed E-state index contributed by atoms with van der Waals surface area (Å²) in [5.41, 5.74) is 2.44. The van der Waals surface area contributed by atoms with Crippen LogP contribution in [0.25, 0.3) is 0 Å². The zero-order valence-electron chi connectivity index (χ0n) is 24.6. The maximum atomic E-state index is 13.6. The number of hydrogen-bond acceptors (Lipinski definition) is 10. The lowest BCUT2D eigenvalue weighted by molar-refractivity contribution is -0.123. The molecule has 7 rings (SSSR count). The van der Waals surface area contributed by atoms with Crippen LogP contribution in [-0.2, 0) is 17.9 Å². The van der Waals surface area contributed by atoms with Crippen LogP contribution >= 0.6 is 0 Å². The fourth-order valence-electron chi connectivity index (χ4n) is 5.24. The Bertz CT molecular complexity index is 1700. The molecule has 3 aliphatic heterocycles. The van der Waals surface area contributed by atoms with E-state index >= 15 is 0 Å². The number of carbonyl (C=O) groups is 3. The van der Waals surface area contributed by atoms with Crippen molar-refractivity contribution < 1.29 is 33.3 Å². The molecule has 4 heterocycles. The van der Waals surface area contributed by atoms with Crippen molar-refractivity contribution in [3.05, 3.63) is 89.2 Å². The van der Waals surface area contributed by atoms with Gasteiger partial charge in [-0.1, -0.05) is 12.1 Å². The Kier molecular flexibility index (Phi) is 8.44. The van der Waals surface area contributed by atoms with E-state index in [1.54, 1.807) is 52.0 Å². The molecule has 0 aliphatic carbocycles. The number of nitrogens with zero attached hydrogens (tertiary/aromatic N) is 5. The Balaban J connectivity index is 1.27. The molecule has 4 bridgehead atoms. The van der Waals surface area contributed by atoms with Crippen molar-refractivity contribution in [3.8, 4) is 23.0 Å². The van der Waals surface area contributed by atoms with Crippen molar-refractivity contribution in [1.29, 1.82) is 0 Å². The van der Waals surface area contributed by atoms with Crippen LogP contribution in [-0.4, -0.2) is 88.9 Å². The summed E-state index contributed by atoms with van der Waals surface area (Å²) in [6, 6.07) is 16.6. The summed E-state index contributed by atoms with van der Waals surface area (Å²) < 4.78 is 24.6. The van der Waals surface area contributed by atoms with Gasteiger partial charge in [-0.3, -0.25) is 14.4 Å². The third kappa shape index (κ3) is 6.79. The summed E-state index contributed by atoms with van der Waals surface area (Å²) in [6.45, 7) is 0.849. The van der Waals surface area contributed by atoms with Gasteiger partial charge in [0.2, 0.25) is 0 Å². The minimum absolute atomic E-state index is 0.197. The average molecular weight is 614 g/mol. The molecule has 1 saturated heterocycles. The van der Waals surface area contributed by atoms with E-state index in [0.29, 0.717) is 35.1 Å². The third-order valence-electron chi connectivity index (χ3n) is 7.58.